The van der Waals surface area contributed by atoms with Crippen molar-refractivity contribution in [2.75, 3.05) is 36.5 Å². The fourth-order valence-electron chi connectivity index (χ4n) is 4.31. The first kappa shape index (κ1) is 21.9. The van der Waals surface area contributed by atoms with E-state index in [-0.39, 0.29) is 18.5 Å². The third kappa shape index (κ3) is 4.07. The Morgan fingerprint density at radius 2 is 2.09 bits per heavy atom. The summed E-state index contributed by atoms with van der Waals surface area (Å²) in [5, 5.41) is 2.98. The van der Waals surface area contributed by atoms with E-state index in [1.54, 1.807) is 38.4 Å². The number of nitrogens with one attached hydrogen (secondary N) is 1. The lowest BCUT2D eigenvalue weighted by molar-refractivity contribution is -0.128. The van der Waals surface area contributed by atoms with Gasteiger partial charge in [0.25, 0.3) is 5.91 Å². The van der Waals surface area contributed by atoms with Gasteiger partial charge in [-0.25, -0.2) is 14.2 Å². The van der Waals surface area contributed by atoms with E-state index in [9.17, 15) is 14.0 Å². The topological polar surface area (TPSA) is 96.9 Å². The van der Waals surface area contributed by atoms with Crippen molar-refractivity contribution in [3.05, 3.63) is 54.0 Å². The number of nitrogens with zero attached hydrogens (tertiary/aromatic N) is 4. The number of hydrogen-bond acceptors (Lipinski definition) is 7. The molecule has 2 aromatic heterocycles. The van der Waals surface area contributed by atoms with Gasteiger partial charge < -0.3 is 19.7 Å². The summed E-state index contributed by atoms with van der Waals surface area (Å²) in [6, 6.07) is 9.90. The van der Waals surface area contributed by atoms with Crippen molar-refractivity contribution in [3.8, 4) is 5.88 Å². The summed E-state index contributed by atoms with van der Waals surface area (Å²) in [7, 11) is 1.57. The molecule has 0 spiro atoms. The second-order valence-electron chi connectivity index (χ2n) is 8.41. The molecule has 34 heavy (non-hydrogen) atoms. The van der Waals surface area contributed by atoms with E-state index in [2.05, 4.69) is 20.2 Å². The van der Waals surface area contributed by atoms with Crippen LogP contribution in [0.4, 0.5) is 20.6 Å². The van der Waals surface area contributed by atoms with Crippen LogP contribution in [0.3, 0.4) is 0 Å². The Kier molecular flexibility index (Phi) is 5.64. The Hall–Kier alpha value is -3.95. The van der Waals surface area contributed by atoms with E-state index in [4.69, 9.17) is 9.47 Å². The van der Waals surface area contributed by atoms with Crippen LogP contribution in [0.15, 0.2) is 42.6 Å². The number of ether oxygens (including phenoxy) is 2. The molecule has 2 aliphatic rings. The van der Waals surface area contributed by atoms with Crippen LogP contribution in [0.25, 0.3) is 11.0 Å². The lowest BCUT2D eigenvalue weighted by Crippen LogP contribution is -2.44. The highest BCUT2D eigenvalue weighted by Gasteiger charge is 2.38. The monoisotopic (exact) mass is 465 g/mol. The molecule has 4 heterocycles. The molecule has 2 aliphatic heterocycles. The maximum atomic E-state index is 13.9. The zero-order valence-corrected chi connectivity index (χ0v) is 18.8. The molecule has 0 aliphatic carbocycles. The molecule has 0 radical (unpaired) electrons. The van der Waals surface area contributed by atoms with Gasteiger partial charge in [-0.15, -0.1) is 0 Å². The van der Waals surface area contributed by atoms with Crippen LogP contribution in [0.1, 0.15) is 12.0 Å². The molecular formula is C24H24FN5O4. The Labute approximate surface area is 195 Å². The van der Waals surface area contributed by atoms with Gasteiger partial charge in [0, 0.05) is 31.4 Å². The van der Waals surface area contributed by atoms with Gasteiger partial charge in [0.2, 0.25) is 5.88 Å². The lowest BCUT2D eigenvalue weighted by Gasteiger charge is -2.21. The van der Waals surface area contributed by atoms with Crippen molar-refractivity contribution in [1.82, 2.24) is 15.3 Å². The van der Waals surface area contributed by atoms with Gasteiger partial charge in [0.05, 0.1) is 30.5 Å². The number of methoxy groups -OCH3 is 1. The Bertz CT molecular complexity index is 1270. The number of rotatable bonds is 5. The molecule has 1 aromatic carbocycles. The minimum absolute atomic E-state index is 0.0301. The number of fused-ring (bicyclic) bond motifs is 1. The zero-order valence-electron chi connectivity index (χ0n) is 18.8. The molecule has 176 valence electrons. The molecule has 5 rings (SSSR count). The van der Waals surface area contributed by atoms with Gasteiger partial charge in [-0.3, -0.25) is 14.7 Å². The molecule has 2 fully saturated rings. The minimum Gasteiger partial charge on any atom is -0.481 e. The van der Waals surface area contributed by atoms with E-state index in [1.165, 1.54) is 11.0 Å². The van der Waals surface area contributed by atoms with Crippen LogP contribution in [0.5, 0.6) is 5.88 Å². The van der Waals surface area contributed by atoms with Gasteiger partial charge in [0.15, 0.2) is 6.10 Å². The van der Waals surface area contributed by atoms with Crippen molar-refractivity contribution >= 4 is 34.4 Å². The summed E-state index contributed by atoms with van der Waals surface area (Å²) in [5.41, 5.74) is 3.26. The van der Waals surface area contributed by atoms with Crippen molar-refractivity contribution in [2.45, 2.75) is 25.5 Å². The lowest BCUT2D eigenvalue weighted by atomic mass is 10.2. The first-order valence-corrected chi connectivity index (χ1v) is 11.0. The predicted molar refractivity (Wildman–Crippen MR) is 124 cm³/mol. The van der Waals surface area contributed by atoms with Crippen molar-refractivity contribution < 1.29 is 23.5 Å². The molecule has 0 unspecified atom stereocenters. The summed E-state index contributed by atoms with van der Waals surface area (Å²) >= 11 is 0. The molecule has 2 saturated heterocycles. The fourth-order valence-corrected chi connectivity index (χ4v) is 4.31. The van der Waals surface area contributed by atoms with Gasteiger partial charge in [0.1, 0.15) is 11.3 Å². The molecule has 1 N–H and O–H groups in total. The van der Waals surface area contributed by atoms with Gasteiger partial charge >= 0.3 is 6.09 Å². The average molecular weight is 465 g/mol. The van der Waals surface area contributed by atoms with Gasteiger partial charge in [-0.2, -0.15) is 0 Å². The second kappa shape index (κ2) is 8.77. The maximum absolute atomic E-state index is 13.9. The molecule has 0 saturated carbocycles. The molecule has 2 amide bonds. The fraction of sp³-hybridized carbons (Fsp3) is 0.333. The van der Waals surface area contributed by atoms with Crippen LogP contribution in [0.2, 0.25) is 0 Å². The predicted octanol–water partition coefficient (Wildman–Crippen LogP) is 2.81. The number of pyridine rings is 2. The second-order valence-corrected chi connectivity index (χ2v) is 8.41. The number of carbonyl (C=O) groups is 2. The van der Waals surface area contributed by atoms with E-state index in [1.807, 2.05) is 12.1 Å². The van der Waals surface area contributed by atoms with Gasteiger partial charge in [-0.1, -0.05) is 6.07 Å². The maximum Gasteiger partial charge on any atom is 0.415 e. The Morgan fingerprint density at radius 3 is 2.88 bits per heavy atom. The number of amides is 2. The molecule has 10 heteroatoms. The van der Waals surface area contributed by atoms with E-state index < -0.39 is 18.0 Å². The molecular weight excluding hydrogens is 441 g/mol. The first-order valence-electron chi connectivity index (χ1n) is 11.0. The molecule has 3 aromatic rings. The highest BCUT2D eigenvalue weighted by molar-refractivity contribution is 5.95. The highest BCUT2D eigenvalue weighted by Crippen LogP contribution is 2.29. The molecule has 2 atom stereocenters. The van der Waals surface area contributed by atoms with Crippen LogP contribution in [-0.4, -0.2) is 60.9 Å². The summed E-state index contributed by atoms with van der Waals surface area (Å²) in [6.07, 6.45) is 0.837. The number of aromatic nitrogens is 2. The SMILES string of the molecule is COc1ccc2nccc(N3CC[C@H](NC(=O)[C@@H]4CN(c5ccc(C)c(F)c5)C(=O)O4)C3)c2n1. The van der Waals surface area contributed by atoms with Crippen LogP contribution in [-0.2, 0) is 9.53 Å². The smallest absolute Gasteiger partial charge is 0.415 e. The third-order valence-corrected chi connectivity index (χ3v) is 6.19. The number of aryl methyl sites for hydroxylation is 1. The summed E-state index contributed by atoms with van der Waals surface area (Å²) < 4.78 is 24.4. The normalized spacial score (nSPS) is 20.0. The first-order chi connectivity index (χ1) is 16.4. The largest absolute Gasteiger partial charge is 0.481 e. The van der Waals surface area contributed by atoms with E-state index in [0.29, 0.717) is 23.7 Å². The number of hydrogen-bond donors (Lipinski definition) is 1. The quantitative estimate of drug-likeness (QED) is 0.619. The Morgan fingerprint density at radius 1 is 1.24 bits per heavy atom. The average Bonchev–Trinajstić information content (AvgIpc) is 3.46. The van der Waals surface area contributed by atoms with Gasteiger partial charge in [-0.05, 0) is 43.2 Å². The van der Waals surface area contributed by atoms with E-state index >= 15 is 0 Å². The number of benzene rings is 1. The molecule has 0 bridgehead atoms. The zero-order chi connectivity index (χ0) is 23.8. The van der Waals surface area contributed by atoms with Crippen molar-refractivity contribution in [1.29, 1.82) is 0 Å². The van der Waals surface area contributed by atoms with E-state index in [0.717, 1.165) is 29.7 Å². The number of anilines is 2. The highest BCUT2D eigenvalue weighted by atomic mass is 19.1. The number of halogens is 1. The van der Waals surface area contributed by atoms with Crippen LogP contribution >= 0.6 is 0 Å². The van der Waals surface area contributed by atoms with Crippen LogP contribution in [0, 0.1) is 12.7 Å². The van der Waals surface area contributed by atoms with Crippen LogP contribution < -0.4 is 19.9 Å². The minimum atomic E-state index is -0.960. The third-order valence-electron chi connectivity index (χ3n) is 6.19. The molecule has 9 nitrogen and oxygen atoms in total. The van der Waals surface area contributed by atoms with Crippen molar-refractivity contribution in [3.63, 3.8) is 0 Å². The summed E-state index contributed by atoms with van der Waals surface area (Å²) in [6.45, 7) is 2.98. The number of cyclic esters (lactones) is 1. The van der Waals surface area contributed by atoms with Crippen molar-refractivity contribution in [2.24, 2.45) is 0 Å². The Balaban J connectivity index is 1.24. The summed E-state index contributed by atoms with van der Waals surface area (Å²) in [4.78, 5) is 37.5. The standard InChI is InChI=1S/C24H24FN5O4/c1-14-3-4-16(11-17(14)25)30-13-20(34-24(30)32)23(31)27-15-8-10-29(12-15)19-7-9-26-18-5-6-21(33-2)28-22(18)19/h3-7,9,11,15,20H,8,10,12-13H2,1-2H3,(H,27,31)/t15-,20-/m0/s1. The summed E-state index contributed by atoms with van der Waals surface area (Å²) in [5.74, 6) is -0.276. The number of carbonyl (C=O) groups excluding carboxylic acids is 2.